The van der Waals surface area contributed by atoms with E-state index in [2.05, 4.69) is 22.1 Å². The molecule has 24 heavy (non-hydrogen) atoms. The Bertz CT molecular complexity index is 796. The highest BCUT2D eigenvalue weighted by atomic mass is 35.5. The van der Waals surface area contributed by atoms with E-state index in [1.54, 1.807) is 12.1 Å². The summed E-state index contributed by atoms with van der Waals surface area (Å²) in [4.78, 5) is 8.04. The van der Waals surface area contributed by atoms with E-state index in [9.17, 15) is 5.11 Å². The van der Waals surface area contributed by atoms with Crippen LogP contribution in [-0.2, 0) is 6.42 Å². The molecule has 122 valence electrons. The summed E-state index contributed by atoms with van der Waals surface area (Å²) in [5.41, 5.74) is 2.22. The van der Waals surface area contributed by atoms with Crippen LogP contribution in [0.15, 0.2) is 67.0 Å². The van der Waals surface area contributed by atoms with Crippen molar-refractivity contribution in [3.63, 3.8) is 0 Å². The summed E-state index contributed by atoms with van der Waals surface area (Å²) in [6.45, 7) is 0.565. The second-order valence-electron chi connectivity index (χ2n) is 5.29. The summed E-state index contributed by atoms with van der Waals surface area (Å²) >= 11 is 6.00. The molecule has 0 aliphatic heterocycles. The SMILES string of the molecule is OC(c1cccc(OCCc2ccccc2)c1)c1nccnc1Cl. The Hall–Kier alpha value is -2.43. The Labute approximate surface area is 145 Å². The minimum Gasteiger partial charge on any atom is -0.493 e. The van der Waals surface area contributed by atoms with Crippen molar-refractivity contribution < 1.29 is 9.84 Å². The topological polar surface area (TPSA) is 55.2 Å². The zero-order chi connectivity index (χ0) is 16.8. The van der Waals surface area contributed by atoms with Crippen molar-refractivity contribution in [1.82, 2.24) is 9.97 Å². The lowest BCUT2D eigenvalue weighted by Gasteiger charge is -2.13. The van der Waals surface area contributed by atoms with Crippen LogP contribution in [-0.4, -0.2) is 21.7 Å². The van der Waals surface area contributed by atoms with Crippen LogP contribution < -0.4 is 4.74 Å². The first-order valence-electron chi connectivity index (χ1n) is 7.65. The highest BCUT2D eigenvalue weighted by Gasteiger charge is 2.16. The maximum atomic E-state index is 10.5. The van der Waals surface area contributed by atoms with E-state index in [1.807, 2.05) is 30.3 Å². The smallest absolute Gasteiger partial charge is 0.153 e. The molecule has 2 aromatic carbocycles. The first-order valence-corrected chi connectivity index (χ1v) is 8.03. The Kier molecular flexibility index (Phi) is 5.41. The summed E-state index contributed by atoms with van der Waals surface area (Å²) in [6, 6.07) is 17.4. The first kappa shape index (κ1) is 16.4. The fourth-order valence-electron chi connectivity index (χ4n) is 2.38. The van der Waals surface area contributed by atoms with Crippen LogP contribution in [0.1, 0.15) is 22.9 Å². The number of aliphatic hydroxyl groups is 1. The summed E-state index contributed by atoms with van der Waals surface area (Å²) < 4.78 is 5.79. The molecule has 0 amide bonds. The van der Waals surface area contributed by atoms with Gasteiger partial charge in [0.2, 0.25) is 0 Å². The van der Waals surface area contributed by atoms with E-state index in [4.69, 9.17) is 16.3 Å². The van der Waals surface area contributed by atoms with Crippen LogP contribution in [0, 0.1) is 0 Å². The molecule has 5 heteroatoms. The summed E-state index contributed by atoms with van der Waals surface area (Å²) in [5, 5.41) is 10.7. The van der Waals surface area contributed by atoms with Crippen molar-refractivity contribution in [2.24, 2.45) is 0 Å². The zero-order valence-electron chi connectivity index (χ0n) is 13.0. The van der Waals surface area contributed by atoms with Crippen LogP contribution in [0.4, 0.5) is 0 Å². The van der Waals surface area contributed by atoms with Gasteiger partial charge in [0.15, 0.2) is 5.15 Å². The minimum absolute atomic E-state index is 0.195. The molecular formula is C19H17ClN2O2. The van der Waals surface area contributed by atoms with Gasteiger partial charge in [0.05, 0.1) is 6.61 Å². The molecule has 0 fully saturated rings. The molecule has 1 atom stereocenters. The first-order chi connectivity index (χ1) is 11.7. The molecule has 3 aromatic rings. The monoisotopic (exact) mass is 340 g/mol. The third-order valence-electron chi connectivity index (χ3n) is 3.61. The number of aliphatic hydroxyl groups excluding tert-OH is 1. The standard InChI is InChI=1S/C19H17ClN2O2/c20-19-17(21-10-11-22-19)18(23)15-7-4-8-16(13-15)24-12-9-14-5-2-1-3-6-14/h1-8,10-11,13,18,23H,9,12H2. The Balaban J connectivity index is 1.67. The van der Waals surface area contributed by atoms with Gasteiger partial charge >= 0.3 is 0 Å². The van der Waals surface area contributed by atoms with Crippen LogP contribution in [0.3, 0.4) is 0 Å². The lowest BCUT2D eigenvalue weighted by Crippen LogP contribution is -2.05. The number of halogens is 1. The van der Waals surface area contributed by atoms with Crippen molar-refractivity contribution in [3.8, 4) is 5.75 Å². The molecule has 0 aliphatic rings. The molecule has 0 radical (unpaired) electrons. The molecule has 1 N–H and O–H groups in total. The van der Waals surface area contributed by atoms with Crippen LogP contribution in [0.5, 0.6) is 5.75 Å². The van der Waals surface area contributed by atoms with Crippen molar-refractivity contribution in [3.05, 3.63) is 89.0 Å². The summed E-state index contributed by atoms with van der Waals surface area (Å²) in [7, 11) is 0. The van der Waals surface area contributed by atoms with Crippen molar-refractivity contribution in [2.45, 2.75) is 12.5 Å². The van der Waals surface area contributed by atoms with Gasteiger partial charge in [0.1, 0.15) is 17.5 Å². The predicted molar refractivity (Wildman–Crippen MR) is 93.2 cm³/mol. The van der Waals surface area contributed by atoms with Gasteiger partial charge in [-0.3, -0.25) is 4.98 Å². The van der Waals surface area contributed by atoms with E-state index in [1.165, 1.54) is 18.0 Å². The molecule has 0 saturated heterocycles. The molecule has 3 rings (SSSR count). The number of aromatic nitrogens is 2. The van der Waals surface area contributed by atoms with Gasteiger partial charge < -0.3 is 9.84 Å². The average molecular weight is 341 g/mol. The number of hydrogen-bond acceptors (Lipinski definition) is 4. The molecule has 0 bridgehead atoms. The lowest BCUT2D eigenvalue weighted by molar-refractivity contribution is 0.214. The molecular weight excluding hydrogens is 324 g/mol. The molecule has 0 spiro atoms. The van der Waals surface area contributed by atoms with Crippen molar-refractivity contribution in [1.29, 1.82) is 0 Å². The van der Waals surface area contributed by atoms with Gasteiger partial charge in [-0.15, -0.1) is 0 Å². The van der Waals surface area contributed by atoms with Gasteiger partial charge in [-0.05, 0) is 23.3 Å². The highest BCUT2D eigenvalue weighted by molar-refractivity contribution is 6.30. The molecule has 0 aliphatic carbocycles. The lowest BCUT2D eigenvalue weighted by atomic mass is 10.1. The number of ether oxygens (including phenoxy) is 1. The van der Waals surface area contributed by atoms with Crippen molar-refractivity contribution >= 4 is 11.6 Å². The Morgan fingerprint density at radius 1 is 1.00 bits per heavy atom. The maximum Gasteiger partial charge on any atom is 0.153 e. The fourth-order valence-corrected chi connectivity index (χ4v) is 2.59. The third-order valence-corrected chi connectivity index (χ3v) is 3.91. The van der Waals surface area contributed by atoms with Gasteiger partial charge in [-0.2, -0.15) is 0 Å². The van der Waals surface area contributed by atoms with Crippen LogP contribution in [0.25, 0.3) is 0 Å². The minimum atomic E-state index is -0.941. The van der Waals surface area contributed by atoms with Crippen molar-refractivity contribution in [2.75, 3.05) is 6.61 Å². The number of hydrogen-bond donors (Lipinski definition) is 1. The zero-order valence-corrected chi connectivity index (χ0v) is 13.7. The average Bonchev–Trinajstić information content (AvgIpc) is 2.63. The van der Waals surface area contributed by atoms with Gasteiger partial charge in [0.25, 0.3) is 0 Å². The Morgan fingerprint density at radius 3 is 2.58 bits per heavy atom. The number of benzene rings is 2. The molecule has 0 saturated carbocycles. The van der Waals surface area contributed by atoms with Crippen LogP contribution >= 0.6 is 11.6 Å². The Morgan fingerprint density at radius 2 is 1.79 bits per heavy atom. The number of nitrogens with zero attached hydrogens (tertiary/aromatic N) is 2. The van der Waals surface area contributed by atoms with E-state index in [0.717, 1.165) is 6.42 Å². The van der Waals surface area contributed by atoms with E-state index < -0.39 is 6.10 Å². The van der Waals surface area contributed by atoms with E-state index in [0.29, 0.717) is 23.6 Å². The molecule has 1 unspecified atom stereocenters. The third kappa shape index (κ3) is 4.10. The maximum absolute atomic E-state index is 10.5. The predicted octanol–water partition coefficient (Wildman–Crippen LogP) is 3.83. The molecule has 1 heterocycles. The fraction of sp³-hybridized carbons (Fsp3) is 0.158. The second-order valence-corrected chi connectivity index (χ2v) is 5.65. The van der Waals surface area contributed by atoms with Gasteiger partial charge in [-0.1, -0.05) is 54.1 Å². The second kappa shape index (κ2) is 7.90. The quantitative estimate of drug-likeness (QED) is 0.741. The largest absolute Gasteiger partial charge is 0.493 e. The summed E-state index contributed by atoms with van der Waals surface area (Å²) in [6.07, 6.45) is 2.87. The number of rotatable bonds is 6. The van der Waals surface area contributed by atoms with Gasteiger partial charge in [-0.25, -0.2) is 4.98 Å². The highest BCUT2D eigenvalue weighted by Crippen LogP contribution is 2.27. The van der Waals surface area contributed by atoms with E-state index >= 15 is 0 Å². The molecule has 1 aromatic heterocycles. The van der Waals surface area contributed by atoms with Gasteiger partial charge in [0, 0.05) is 18.8 Å². The summed E-state index contributed by atoms with van der Waals surface area (Å²) in [5.74, 6) is 0.697. The van der Waals surface area contributed by atoms with Crippen LogP contribution in [0.2, 0.25) is 5.15 Å². The molecule has 4 nitrogen and oxygen atoms in total. The normalized spacial score (nSPS) is 11.9. The van der Waals surface area contributed by atoms with E-state index in [-0.39, 0.29) is 5.15 Å².